The molecule has 1 aliphatic heterocycles. The van der Waals surface area contributed by atoms with E-state index in [-0.39, 0.29) is 12.3 Å². The van der Waals surface area contributed by atoms with Crippen molar-refractivity contribution in [2.45, 2.75) is 39.0 Å². The molecule has 6 heteroatoms. The molecule has 1 amide bonds. The summed E-state index contributed by atoms with van der Waals surface area (Å²) in [4.78, 5) is 14.9. The summed E-state index contributed by atoms with van der Waals surface area (Å²) in [6.07, 6.45) is 0.228. The molecule has 0 spiro atoms. The maximum absolute atomic E-state index is 12.1. The fourth-order valence-electron chi connectivity index (χ4n) is 1.92. The number of rotatable bonds is 1. The molecule has 0 aliphatic carbocycles. The van der Waals surface area contributed by atoms with E-state index in [0.717, 1.165) is 12.0 Å². The molecular formula is C13H18INO3S. The number of ether oxygens (including phenoxy) is 2. The summed E-state index contributed by atoms with van der Waals surface area (Å²) < 4.78 is 12.3. The van der Waals surface area contributed by atoms with Crippen LogP contribution in [0, 0.1) is 2.88 Å². The van der Waals surface area contributed by atoms with E-state index < -0.39 is 5.60 Å². The first-order chi connectivity index (χ1) is 8.78. The highest BCUT2D eigenvalue weighted by Gasteiger charge is 2.31. The maximum atomic E-state index is 12.1. The van der Waals surface area contributed by atoms with Crippen LogP contribution < -0.4 is 0 Å². The molecular weight excluding hydrogens is 377 g/mol. The van der Waals surface area contributed by atoms with Gasteiger partial charge in [0.25, 0.3) is 0 Å². The molecule has 19 heavy (non-hydrogen) atoms. The second-order valence-electron chi connectivity index (χ2n) is 5.49. The molecule has 4 nitrogen and oxygen atoms in total. The average molecular weight is 395 g/mol. The molecule has 2 rings (SSSR count). The molecule has 0 saturated carbocycles. The van der Waals surface area contributed by atoms with Crippen molar-refractivity contribution in [3.05, 3.63) is 19.4 Å². The van der Waals surface area contributed by atoms with Gasteiger partial charge in [-0.05, 0) is 49.4 Å². The third-order valence-electron chi connectivity index (χ3n) is 2.72. The smallest absolute Gasteiger partial charge is 0.412 e. The Labute approximate surface area is 131 Å². The zero-order valence-electron chi connectivity index (χ0n) is 11.5. The zero-order valence-corrected chi connectivity index (χ0v) is 14.5. The van der Waals surface area contributed by atoms with E-state index >= 15 is 0 Å². The van der Waals surface area contributed by atoms with Crippen LogP contribution in [0.5, 0.6) is 0 Å². The summed E-state index contributed by atoms with van der Waals surface area (Å²) in [6.45, 7) is 6.22. The van der Waals surface area contributed by atoms with Gasteiger partial charge in [-0.15, -0.1) is 11.3 Å². The van der Waals surface area contributed by atoms with Gasteiger partial charge in [-0.2, -0.15) is 0 Å². The van der Waals surface area contributed by atoms with Crippen LogP contribution in [0.4, 0.5) is 4.79 Å². The summed E-state index contributed by atoms with van der Waals surface area (Å²) in [6, 6.07) is 2.09. The van der Waals surface area contributed by atoms with E-state index in [2.05, 4.69) is 28.7 Å². The van der Waals surface area contributed by atoms with E-state index in [9.17, 15) is 4.79 Å². The van der Waals surface area contributed by atoms with E-state index in [1.807, 2.05) is 20.8 Å². The standard InChI is InChI=1S/C13H18INO3S/c1-13(2,3)18-12(16)15(4)11-8-7-10(14)19-9(8)5-6-17-11/h7,11H,5-6H2,1-4H3/t11-/m0/s1. The van der Waals surface area contributed by atoms with E-state index in [1.54, 1.807) is 18.4 Å². The predicted octanol–water partition coefficient (Wildman–Crippen LogP) is 3.79. The van der Waals surface area contributed by atoms with Crippen LogP contribution in [0.2, 0.25) is 0 Å². The third kappa shape index (κ3) is 3.61. The predicted molar refractivity (Wildman–Crippen MR) is 83.4 cm³/mol. The van der Waals surface area contributed by atoms with Crippen LogP contribution >= 0.6 is 33.9 Å². The van der Waals surface area contributed by atoms with Crippen LogP contribution in [0.25, 0.3) is 0 Å². The molecule has 0 fully saturated rings. The van der Waals surface area contributed by atoms with Crippen molar-refractivity contribution in [3.8, 4) is 0 Å². The Kier molecular flexibility index (Phi) is 4.42. The van der Waals surface area contributed by atoms with Gasteiger partial charge < -0.3 is 9.47 Å². The van der Waals surface area contributed by atoms with Crippen molar-refractivity contribution in [2.75, 3.05) is 13.7 Å². The molecule has 106 valence electrons. The minimum atomic E-state index is -0.494. The van der Waals surface area contributed by atoms with Gasteiger partial charge in [-0.25, -0.2) is 4.79 Å². The second-order valence-corrected chi connectivity index (χ2v) is 8.52. The minimum Gasteiger partial charge on any atom is -0.444 e. The van der Waals surface area contributed by atoms with Crippen molar-refractivity contribution < 1.29 is 14.3 Å². The molecule has 1 aliphatic rings. The highest BCUT2D eigenvalue weighted by molar-refractivity contribution is 14.1. The van der Waals surface area contributed by atoms with Crippen molar-refractivity contribution in [1.29, 1.82) is 0 Å². The molecule has 0 aromatic carbocycles. The fourth-order valence-corrected chi connectivity index (χ4v) is 3.93. The van der Waals surface area contributed by atoms with E-state index in [0.29, 0.717) is 6.61 Å². The highest BCUT2D eigenvalue weighted by atomic mass is 127. The quantitative estimate of drug-likeness (QED) is 0.680. The summed E-state index contributed by atoms with van der Waals surface area (Å²) in [5, 5.41) is 0. The van der Waals surface area contributed by atoms with Crippen LogP contribution in [-0.4, -0.2) is 30.2 Å². The molecule has 0 radical (unpaired) electrons. The van der Waals surface area contributed by atoms with Crippen molar-refractivity contribution in [2.24, 2.45) is 0 Å². The molecule has 1 atom stereocenters. The average Bonchev–Trinajstić information content (AvgIpc) is 2.65. The Bertz CT molecular complexity index is 481. The third-order valence-corrected chi connectivity index (χ3v) is 4.69. The van der Waals surface area contributed by atoms with Gasteiger partial charge in [0.05, 0.1) is 9.49 Å². The molecule has 2 heterocycles. The number of halogens is 1. The Balaban J connectivity index is 2.16. The molecule has 0 saturated heterocycles. The summed E-state index contributed by atoms with van der Waals surface area (Å²) in [7, 11) is 1.72. The van der Waals surface area contributed by atoms with Crippen molar-refractivity contribution in [3.63, 3.8) is 0 Å². The topological polar surface area (TPSA) is 38.8 Å². The number of thiophene rings is 1. The molecule has 1 aromatic heterocycles. The maximum Gasteiger partial charge on any atom is 0.412 e. The number of hydrogen-bond acceptors (Lipinski definition) is 4. The normalized spacial score (nSPS) is 18.9. The Hall–Kier alpha value is -0.340. The molecule has 0 N–H and O–H groups in total. The molecule has 0 unspecified atom stereocenters. The monoisotopic (exact) mass is 395 g/mol. The second kappa shape index (κ2) is 5.57. The number of carbonyl (C=O) groups excluding carboxylic acids is 1. The van der Waals surface area contributed by atoms with Crippen molar-refractivity contribution >= 4 is 40.0 Å². The van der Waals surface area contributed by atoms with E-state index in [4.69, 9.17) is 9.47 Å². The first-order valence-corrected chi connectivity index (χ1v) is 8.03. The summed E-state index contributed by atoms with van der Waals surface area (Å²) in [5.74, 6) is 0. The lowest BCUT2D eigenvalue weighted by Gasteiger charge is -2.32. The van der Waals surface area contributed by atoms with Crippen LogP contribution in [0.3, 0.4) is 0 Å². The van der Waals surface area contributed by atoms with Gasteiger partial charge in [-0.1, -0.05) is 0 Å². The Morgan fingerprint density at radius 2 is 2.26 bits per heavy atom. The van der Waals surface area contributed by atoms with Crippen LogP contribution in [0.15, 0.2) is 6.07 Å². The number of nitrogens with zero attached hydrogens (tertiary/aromatic N) is 1. The number of hydrogen-bond donors (Lipinski definition) is 0. The van der Waals surface area contributed by atoms with Gasteiger partial charge in [0.1, 0.15) is 5.60 Å². The van der Waals surface area contributed by atoms with Crippen LogP contribution in [0.1, 0.15) is 37.4 Å². The highest BCUT2D eigenvalue weighted by Crippen LogP contribution is 2.36. The Morgan fingerprint density at radius 1 is 1.58 bits per heavy atom. The van der Waals surface area contributed by atoms with Gasteiger partial charge in [0.2, 0.25) is 0 Å². The number of amides is 1. The zero-order chi connectivity index (χ0) is 14.2. The van der Waals surface area contributed by atoms with Gasteiger partial charge in [0.15, 0.2) is 6.23 Å². The Morgan fingerprint density at radius 3 is 2.89 bits per heavy atom. The van der Waals surface area contributed by atoms with Gasteiger partial charge in [0, 0.05) is 23.9 Å². The lowest BCUT2D eigenvalue weighted by Crippen LogP contribution is -2.39. The summed E-state index contributed by atoms with van der Waals surface area (Å²) in [5.41, 5.74) is 0.598. The lowest BCUT2D eigenvalue weighted by atomic mass is 10.1. The largest absolute Gasteiger partial charge is 0.444 e. The SMILES string of the molecule is CN(C(=O)OC(C)(C)C)[C@H]1OCCc2sc(I)cc21. The van der Waals surface area contributed by atoms with Crippen LogP contribution in [-0.2, 0) is 15.9 Å². The number of fused-ring (bicyclic) bond motifs is 1. The van der Waals surface area contributed by atoms with Gasteiger partial charge >= 0.3 is 6.09 Å². The van der Waals surface area contributed by atoms with Crippen molar-refractivity contribution in [1.82, 2.24) is 4.90 Å². The molecule has 1 aromatic rings. The minimum absolute atomic E-state index is 0.335. The summed E-state index contributed by atoms with van der Waals surface area (Å²) >= 11 is 4.07. The first kappa shape index (κ1) is 15.1. The fraction of sp³-hybridized carbons (Fsp3) is 0.615. The van der Waals surface area contributed by atoms with E-state index in [1.165, 1.54) is 12.7 Å². The van der Waals surface area contributed by atoms with Gasteiger partial charge in [-0.3, -0.25) is 4.90 Å². The number of carbonyl (C=O) groups is 1. The molecule has 0 bridgehead atoms. The first-order valence-electron chi connectivity index (χ1n) is 6.13. The lowest BCUT2D eigenvalue weighted by molar-refractivity contribution is -0.0655.